The molecule has 1 saturated heterocycles. The number of hydrogen-bond acceptors (Lipinski definition) is 2. The molecule has 1 saturated carbocycles. The molecular formula is C14H24N2O3. The van der Waals surface area contributed by atoms with Crippen molar-refractivity contribution in [3.05, 3.63) is 0 Å². The lowest BCUT2D eigenvalue weighted by Crippen LogP contribution is -2.55. The van der Waals surface area contributed by atoms with E-state index in [9.17, 15) is 14.7 Å². The number of likely N-dealkylation sites (tertiary alicyclic amines) is 1. The van der Waals surface area contributed by atoms with E-state index >= 15 is 0 Å². The van der Waals surface area contributed by atoms with Crippen molar-refractivity contribution in [1.29, 1.82) is 0 Å². The molecule has 0 aromatic rings. The van der Waals surface area contributed by atoms with Crippen LogP contribution in [-0.4, -0.2) is 40.6 Å². The Morgan fingerprint density at radius 1 is 1.32 bits per heavy atom. The molecule has 5 heteroatoms. The molecule has 2 N–H and O–H groups in total. The van der Waals surface area contributed by atoms with Gasteiger partial charge in [0.05, 0.1) is 0 Å². The van der Waals surface area contributed by atoms with E-state index in [0.29, 0.717) is 18.3 Å². The highest BCUT2D eigenvalue weighted by Gasteiger charge is 2.41. The third-order valence-electron chi connectivity index (χ3n) is 4.62. The quantitative estimate of drug-likeness (QED) is 0.820. The maximum atomic E-state index is 12.2. The van der Waals surface area contributed by atoms with Crippen molar-refractivity contribution in [2.45, 2.75) is 51.5 Å². The molecule has 2 fully saturated rings. The van der Waals surface area contributed by atoms with Crippen LogP contribution in [0.3, 0.4) is 0 Å². The maximum absolute atomic E-state index is 12.2. The van der Waals surface area contributed by atoms with Crippen molar-refractivity contribution in [3.63, 3.8) is 0 Å². The second-order valence-corrected chi connectivity index (χ2v) is 6.17. The first-order valence-electron chi connectivity index (χ1n) is 7.26. The lowest BCUT2D eigenvalue weighted by molar-refractivity contribution is -0.144. The molecule has 1 aliphatic heterocycles. The lowest BCUT2D eigenvalue weighted by atomic mass is 9.96. The maximum Gasteiger partial charge on any atom is 0.329 e. The Bertz CT molecular complexity index is 360. The number of carboxylic acids is 1. The highest BCUT2D eigenvalue weighted by atomic mass is 16.4. The Kier molecular flexibility index (Phi) is 4.02. The number of carboxylic acid groups (broad SMARTS) is 1. The highest BCUT2D eigenvalue weighted by Crippen LogP contribution is 2.37. The second-order valence-electron chi connectivity index (χ2n) is 6.17. The van der Waals surface area contributed by atoms with Gasteiger partial charge in [0, 0.05) is 13.1 Å². The van der Waals surface area contributed by atoms with E-state index in [2.05, 4.69) is 5.32 Å². The zero-order chi connectivity index (χ0) is 14.0. The minimum absolute atomic E-state index is 0.215. The number of amides is 2. The second kappa shape index (κ2) is 5.39. The van der Waals surface area contributed by atoms with Gasteiger partial charge in [-0.25, -0.2) is 9.59 Å². The fraction of sp³-hybridized carbons (Fsp3) is 0.857. The monoisotopic (exact) mass is 268 g/mol. The summed E-state index contributed by atoms with van der Waals surface area (Å²) in [5.74, 6) is 0.308. The van der Waals surface area contributed by atoms with Crippen LogP contribution in [0.1, 0.15) is 46.0 Å². The molecule has 2 rings (SSSR count). The molecule has 108 valence electrons. The van der Waals surface area contributed by atoms with Gasteiger partial charge in [-0.2, -0.15) is 0 Å². The standard InChI is InChI=1S/C14H24N2O3/c1-3-7-14(2,12(17)18)15-13(19)16-8-10-5-4-6-11(10)9-16/h10-11H,3-9H2,1-2H3,(H,15,19)(H,17,18). The molecule has 0 spiro atoms. The van der Waals surface area contributed by atoms with Gasteiger partial charge in [0.25, 0.3) is 0 Å². The van der Waals surface area contributed by atoms with Gasteiger partial charge in [-0.1, -0.05) is 19.8 Å². The van der Waals surface area contributed by atoms with Crippen LogP contribution in [0.5, 0.6) is 0 Å². The zero-order valence-corrected chi connectivity index (χ0v) is 11.8. The average Bonchev–Trinajstić information content (AvgIpc) is 2.88. The summed E-state index contributed by atoms with van der Waals surface area (Å²) in [6.45, 7) is 5.10. The summed E-state index contributed by atoms with van der Waals surface area (Å²) in [5.41, 5.74) is -1.15. The van der Waals surface area contributed by atoms with Gasteiger partial charge in [-0.05, 0) is 38.0 Å². The Labute approximate surface area is 114 Å². The average molecular weight is 268 g/mol. The molecular weight excluding hydrogens is 244 g/mol. The molecule has 1 aliphatic carbocycles. The van der Waals surface area contributed by atoms with Gasteiger partial charge in [0.2, 0.25) is 0 Å². The third-order valence-corrected chi connectivity index (χ3v) is 4.62. The largest absolute Gasteiger partial charge is 0.480 e. The molecule has 0 radical (unpaired) electrons. The van der Waals surface area contributed by atoms with Crippen molar-refractivity contribution < 1.29 is 14.7 Å². The number of rotatable bonds is 4. The van der Waals surface area contributed by atoms with Crippen LogP contribution in [0.2, 0.25) is 0 Å². The van der Waals surface area contributed by atoms with Crippen LogP contribution in [0.25, 0.3) is 0 Å². The summed E-state index contributed by atoms with van der Waals surface area (Å²) in [6, 6.07) is -0.215. The SMILES string of the molecule is CCCC(C)(NC(=O)N1CC2CCCC2C1)C(=O)O. The van der Waals surface area contributed by atoms with E-state index < -0.39 is 11.5 Å². The topological polar surface area (TPSA) is 69.6 Å². The smallest absolute Gasteiger partial charge is 0.329 e. The number of carbonyl (C=O) groups excluding carboxylic acids is 1. The summed E-state index contributed by atoms with van der Waals surface area (Å²) < 4.78 is 0. The van der Waals surface area contributed by atoms with Gasteiger partial charge in [0.15, 0.2) is 0 Å². The van der Waals surface area contributed by atoms with Crippen LogP contribution in [-0.2, 0) is 4.79 Å². The molecule has 0 aromatic heterocycles. The molecule has 2 aliphatic rings. The van der Waals surface area contributed by atoms with Crippen LogP contribution in [0, 0.1) is 11.8 Å². The van der Waals surface area contributed by atoms with Crippen molar-refractivity contribution in [2.75, 3.05) is 13.1 Å². The molecule has 5 nitrogen and oxygen atoms in total. The number of aliphatic carboxylic acids is 1. The van der Waals surface area contributed by atoms with Gasteiger partial charge in [-0.3, -0.25) is 0 Å². The third kappa shape index (κ3) is 2.85. The summed E-state index contributed by atoms with van der Waals surface area (Å²) in [4.78, 5) is 25.3. The summed E-state index contributed by atoms with van der Waals surface area (Å²) >= 11 is 0. The molecule has 19 heavy (non-hydrogen) atoms. The van der Waals surface area contributed by atoms with E-state index in [0.717, 1.165) is 19.5 Å². The van der Waals surface area contributed by atoms with Crippen molar-refractivity contribution in [1.82, 2.24) is 10.2 Å². The summed E-state index contributed by atoms with van der Waals surface area (Å²) in [6.07, 6.45) is 4.87. The first kappa shape index (κ1) is 14.2. The fourth-order valence-electron chi connectivity index (χ4n) is 3.44. The van der Waals surface area contributed by atoms with E-state index in [1.165, 1.54) is 19.3 Å². The van der Waals surface area contributed by atoms with Gasteiger partial charge < -0.3 is 15.3 Å². The minimum Gasteiger partial charge on any atom is -0.480 e. The van der Waals surface area contributed by atoms with Crippen LogP contribution < -0.4 is 5.32 Å². The number of urea groups is 1. The van der Waals surface area contributed by atoms with Gasteiger partial charge in [-0.15, -0.1) is 0 Å². The number of carbonyl (C=O) groups is 2. The van der Waals surface area contributed by atoms with Gasteiger partial charge >= 0.3 is 12.0 Å². The zero-order valence-electron chi connectivity index (χ0n) is 11.8. The van der Waals surface area contributed by atoms with Crippen molar-refractivity contribution in [2.24, 2.45) is 11.8 Å². The van der Waals surface area contributed by atoms with Crippen LogP contribution in [0.15, 0.2) is 0 Å². The molecule has 2 amide bonds. The minimum atomic E-state index is -1.15. The number of nitrogens with one attached hydrogen (secondary N) is 1. The number of hydrogen-bond donors (Lipinski definition) is 2. The Balaban J connectivity index is 1.95. The van der Waals surface area contributed by atoms with Crippen LogP contribution in [0.4, 0.5) is 4.79 Å². The van der Waals surface area contributed by atoms with Gasteiger partial charge in [0.1, 0.15) is 5.54 Å². The van der Waals surface area contributed by atoms with Crippen LogP contribution >= 0.6 is 0 Å². The summed E-state index contributed by atoms with van der Waals surface area (Å²) in [7, 11) is 0. The molecule has 3 unspecified atom stereocenters. The van der Waals surface area contributed by atoms with E-state index in [4.69, 9.17) is 0 Å². The predicted octanol–water partition coefficient (Wildman–Crippen LogP) is 2.07. The fourth-order valence-corrected chi connectivity index (χ4v) is 3.44. The summed E-state index contributed by atoms with van der Waals surface area (Å²) in [5, 5.41) is 12.0. The van der Waals surface area contributed by atoms with E-state index in [1.807, 2.05) is 6.92 Å². The first-order chi connectivity index (χ1) is 8.96. The molecule has 0 aromatic carbocycles. The van der Waals surface area contributed by atoms with E-state index in [-0.39, 0.29) is 6.03 Å². The lowest BCUT2D eigenvalue weighted by Gasteiger charge is -2.29. The first-order valence-corrected chi connectivity index (χ1v) is 7.26. The normalized spacial score (nSPS) is 28.8. The Hall–Kier alpha value is -1.26. The van der Waals surface area contributed by atoms with E-state index in [1.54, 1.807) is 11.8 Å². The molecule has 3 atom stereocenters. The number of nitrogens with zero attached hydrogens (tertiary/aromatic N) is 1. The van der Waals surface area contributed by atoms with Crippen molar-refractivity contribution >= 4 is 12.0 Å². The Morgan fingerprint density at radius 2 is 1.89 bits per heavy atom. The number of fused-ring (bicyclic) bond motifs is 1. The molecule has 1 heterocycles. The highest BCUT2D eigenvalue weighted by molar-refractivity contribution is 5.86. The predicted molar refractivity (Wildman–Crippen MR) is 71.9 cm³/mol. The molecule has 0 bridgehead atoms. The van der Waals surface area contributed by atoms with Crippen molar-refractivity contribution in [3.8, 4) is 0 Å². The Morgan fingerprint density at radius 3 is 2.37 bits per heavy atom.